The molecule has 0 radical (unpaired) electrons. The number of halogens is 1. The standard InChI is InChI=1S/C19H23FN8OS/c1-21-17(29)14-3-4-15(16(20)24-14)28-8-6-27(7-9-28)12-13-11-23-18(26(13)2)25-19-22-5-10-30-19/h3-5,10-11H,6-9,12H2,1-2H3,(H,21,29)(H,22,23,25). The lowest BCUT2D eigenvalue weighted by molar-refractivity contribution is 0.0957. The Morgan fingerprint density at radius 3 is 2.70 bits per heavy atom. The van der Waals surface area contributed by atoms with Crippen molar-refractivity contribution < 1.29 is 9.18 Å². The van der Waals surface area contributed by atoms with Gasteiger partial charge in [-0.15, -0.1) is 11.3 Å². The van der Waals surface area contributed by atoms with Gasteiger partial charge < -0.3 is 20.1 Å². The minimum atomic E-state index is -0.617. The van der Waals surface area contributed by atoms with Crippen molar-refractivity contribution in [3.8, 4) is 0 Å². The number of nitrogens with one attached hydrogen (secondary N) is 2. The van der Waals surface area contributed by atoms with E-state index in [0.29, 0.717) is 18.8 Å². The van der Waals surface area contributed by atoms with Gasteiger partial charge >= 0.3 is 0 Å². The van der Waals surface area contributed by atoms with Crippen LogP contribution in [-0.4, -0.2) is 63.6 Å². The Balaban J connectivity index is 1.35. The first-order chi connectivity index (χ1) is 14.5. The topological polar surface area (TPSA) is 91.2 Å². The summed E-state index contributed by atoms with van der Waals surface area (Å²) in [5.41, 5.74) is 1.60. The molecule has 0 aromatic carbocycles. The fourth-order valence-corrected chi connectivity index (χ4v) is 3.90. The van der Waals surface area contributed by atoms with E-state index in [4.69, 9.17) is 0 Å². The summed E-state index contributed by atoms with van der Waals surface area (Å²) in [6.07, 6.45) is 3.62. The van der Waals surface area contributed by atoms with Gasteiger partial charge in [0, 0.05) is 58.4 Å². The lowest BCUT2D eigenvalue weighted by atomic mass is 10.2. The molecule has 158 valence electrons. The van der Waals surface area contributed by atoms with Crippen molar-refractivity contribution in [2.45, 2.75) is 6.54 Å². The highest BCUT2D eigenvalue weighted by molar-refractivity contribution is 7.13. The van der Waals surface area contributed by atoms with Crippen LogP contribution in [0, 0.1) is 5.95 Å². The summed E-state index contributed by atoms with van der Waals surface area (Å²) in [6.45, 7) is 3.70. The third kappa shape index (κ3) is 4.26. The summed E-state index contributed by atoms with van der Waals surface area (Å²) in [5, 5.41) is 8.39. The Morgan fingerprint density at radius 2 is 2.03 bits per heavy atom. The third-order valence-corrected chi connectivity index (χ3v) is 5.81. The molecule has 0 bridgehead atoms. The number of hydrogen-bond donors (Lipinski definition) is 2. The normalized spacial score (nSPS) is 14.7. The minimum absolute atomic E-state index is 0.0794. The largest absolute Gasteiger partial charge is 0.365 e. The van der Waals surface area contributed by atoms with Crippen molar-refractivity contribution in [2.75, 3.05) is 43.4 Å². The fourth-order valence-electron chi connectivity index (χ4n) is 3.38. The molecule has 30 heavy (non-hydrogen) atoms. The number of imidazole rings is 1. The number of pyridine rings is 1. The van der Waals surface area contributed by atoms with Gasteiger partial charge in [-0.1, -0.05) is 0 Å². The van der Waals surface area contributed by atoms with E-state index in [1.54, 1.807) is 18.3 Å². The van der Waals surface area contributed by atoms with Gasteiger partial charge in [-0.2, -0.15) is 4.39 Å². The van der Waals surface area contributed by atoms with Crippen molar-refractivity contribution in [3.63, 3.8) is 0 Å². The molecular weight excluding hydrogens is 407 g/mol. The first-order valence-corrected chi connectivity index (χ1v) is 10.5. The first kappa shape index (κ1) is 20.2. The number of hydrogen-bond acceptors (Lipinski definition) is 8. The number of rotatable bonds is 6. The number of thiazole rings is 1. The van der Waals surface area contributed by atoms with Crippen molar-refractivity contribution in [1.29, 1.82) is 0 Å². The zero-order chi connectivity index (χ0) is 21.1. The molecule has 1 aliphatic rings. The van der Waals surface area contributed by atoms with Gasteiger partial charge in [-0.05, 0) is 12.1 Å². The lowest BCUT2D eigenvalue weighted by Gasteiger charge is -2.36. The molecule has 1 saturated heterocycles. The van der Waals surface area contributed by atoms with Crippen LogP contribution in [0.25, 0.3) is 0 Å². The molecule has 9 nitrogen and oxygen atoms in total. The van der Waals surface area contributed by atoms with E-state index in [1.165, 1.54) is 18.4 Å². The molecule has 3 aromatic heterocycles. The highest BCUT2D eigenvalue weighted by Crippen LogP contribution is 2.22. The van der Waals surface area contributed by atoms with Gasteiger partial charge in [-0.25, -0.2) is 15.0 Å². The van der Waals surface area contributed by atoms with Crippen LogP contribution in [0.1, 0.15) is 16.2 Å². The number of piperazine rings is 1. The SMILES string of the molecule is CNC(=O)c1ccc(N2CCN(Cc3cnc(Nc4nccs4)n3C)CC2)c(F)n1. The van der Waals surface area contributed by atoms with Crippen LogP contribution < -0.4 is 15.5 Å². The van der Waals surface area contributed by atoms with Crippen LogP contribution in [0.5, 0.6) is 0 Å². The fraction of sp³-hybridized carbons (Fsp3) is 0.368. The van der Waals surface area contributed by atoms with Crippen molar-refractivity contribution >= 4 is 34.0 Å². The lowest BCUT2D eigenvalue weighted by Crippen LogP contribution is -2.46. The summed E-state index contributed by atoms with van der Waals surface area (Å²) < 4.78 is 16.4. The molecule has 0 saturated carbocycles. The van der Waals surface area contributed by atoms with Crippen LogP contribution >= 0.6 is 11.3 Å². The zero-order valence-electron chi connectivity index (χ0n) is 16.8. The van der Waals surface area contributed by atoms with Gasteiger partial charge in [0.15, 0.2) is 5.13 Å². The first-order valence-electron chi connectivity index (χ1n) is 9.58. The minimum Gasteiger partial charge on any atom is -0.365 e. The molecule has 0 unspecified atom stereocenters. The van der Waals surface area contributed by atoms with Crippen LogP contribution in [0.15, 0.2) is 29.9 Å². The number of aromatic nitrogens is 4. The number of amides is 1. The summed E-state index contributed by atoms with van der Waals surface area (Å²) in [6, 6.07) is 3.18. The Labute approximate surface area is 177 Å². The summed E-state index contributed by atoms with van der Waals surface area (Å²) >= 11 is 1.52. The molecule has 0 atom stereocenters. The average molecular weight is 431 g/mol. The predicted octanol–water partition coefficient (Wildman–Crippen LogP) is 1.84. The molecule has 1 amide bonds. The molecule has 11 heteroatoms. The third-order valence-electron chi connectivity index (χ3n) is 5.12. The predicted molar refractivity (Wildman–Crippen MR) is 114 cm³/mol. The van der Waals surface area contributed by atoms with Gasteiger partial charge in [0.05, 0.1) is 17.6 Å². The maximum absolute atomic E-state index is 14.4. The number of carbonyl (C=O) groups excluding carboxylic acids is 1. The second-order valence-corrected chi connectivity index (χ2v) is 7.84. The Bertz CT molecular complexity index is 1010. The van der Waals surface area contributed by atoms with Crippen LogP contribution in [0.3, 0.4) is 0 Å². The second-order valence-electron chi connectivity index (χ2n) is 6.94. The maximum Gasteiger partial charge on any atom is 0.269 e. The van der Waals surface area contributed by atoms with E-state index in [-0.39, 0.29) is 5.69 Å². The average Bonchev–Trinajstić information content (AvgIpc) is 3.39. The van der Waals surface area contributed by atoms with E-state index < -0.39 is 11.9 Å². The van der Waals surface area contributed by atoms with Crippen LogP contribution in [0.4, 0.5) is 21.2 Å². The molecule has 0 aliphatic carbocycles. The van der Waals surface area contributed by atoms with Gasteiger partial charge in [-0.3, -0.25) is 9.69 Å². The molecule has 2 N–H and O–H groups in total. The van der Waals surface area contributed by atoms with Gasteiger partial charge in [0.2, 0.25) is 11.9 Å². The molecule has 4 heterocycles. The Hall–Kier alpha value is -3.05. The van der Waals surface area contributed by atoms with Gasteiger partial charge in [0.25, 0.3) is 5.91 Å². The van der Waals surface area contributed by atoms with E-state index in [2.05, 4.69) is 30.5 Å². The number of anilines is 3. The number of carbonyl (C=O) groups is 1. The highest BCUT2D eigenvalue weighted by atomic mass is 32.1. The summed E-state index contributed by atoms with van der Waals surface area (Å²) in [5.74, 6) is -0.262. The Kier molecular flexibility index (Phi) is 5.91. The summed E-state index contributed by atoms with van der Waals surface area (Å²) in [4.78, 5) is 28.4. The van der Waals surface area contributed by atoms with Crippen LogP contribution in [0.2, 0.25) is 0 Å². The molecule has 3 aromatic rings. The highest BCUT2D eigenvalue weighted by Gasteiger charge is 2.22. The second kappa shape index (κ2) is 8.76. The molecule has 0 spiro atoms. The summed E-state index contributed by atoms with van der Waals surface area (Å²) in [7, 11) is 3.47. The molecular formula is C19H23FN8OS. The van der Waals surface area contributed by atoms with Crippen molar-refractivity contribution in [2.24, 2.45) is 7.05 Å². The van der Waals surface area contributed by atoms with E-state index in [1.807, 2.05) is 28.1 Å². The molecule has 4 rings (SSSR count). The molecule has 1 fully saturated rings. The number of nitrogens with zero attached hydrogens (tertiary/aromatic N) is 6. The van der Waals surface area contributed by atoms with Crippen LogP contribution in [-0.2, 0) is 13.6 Å². The van der Waals surface area contributed by atoms with E-state index in [9.17, 15) is 9.18 Å². The van der Waals surface area contributed by atoms with Crippen molar-refractivity contribution in [3.05, 3.63) is 47.2 Å². The van der Waals surface area contributed by atoms with Crippen molar-refractivity contribution in [1.82, 2.24) is 29.7 Å². The smallest absolute Gasteiger partial charge is 0.269 e. The van der Waals surface area contributed by atoms with E-state index >= 15 is 0 Å². The van der Waals surface area contributed by atoms with Gasteiger partial charge in [0.1, 0.15) is 5.69 Å². The maximum atomic E-state index is 14.4. The quantitative estimate of drug-likeness (QED) is 0.577. The molecule has 1 aliphatic heterocycles. The van der Waals surface area contributed by atoms with E-state index in [0.717, 1.165) is 36.4 Å². The zero-order valence-corrected chi connectivity index (χ0v) is 17.6. The Morgan fingerprint density at radius 1 is 1.23 bits per heavy atom. The monoisotopic (exact) mass is 430 g/mol.